The molecule has 0 bridgehead atoms. The lowest BCUT2D eigenvalue weighted by molar-refractivity contribution is 0.473. The molecule has 178 valence electrons. The summed E-state index contributed by atoms with van der Waals surface area (Å²) in [6.07, 6.45) is 1.82. The zero-order valence-electron chi connectivity index (χ0n) is 20.1. The zero-order valence-corrected chi connectivity index (χ0v) is 20.1. The molecule has 0 N–H and O–H groups in total. The van der Waals surface area contributed by atoms with Gasteiger partial charge in [-0.15, -0.1) is 0 Å². The van der Waals surface area contributed by atoms with Gasteiger partial charge in [0.15, 0.2) is 34.8 Å². The third kappa shape index (κ3) is 3.14. The van der Waals surface area contributed by atoms with E-state index in [1.807, 2.05) is 85.1 Å². The Balaban J connectivity index is 1.33. The minimum Gasteiger partial charge on any atom is -0.451 e. The largest absolute Gasteiger partial charge is 0.451 e. The summed E-state index contributed by atoms with van der Waals surface area (Å²) in [4.78, 5) is 19.4. The third-order valence-corrected chi connectivity index (χ3v) is 6.88. The van der Waals surface area contributed by atoms with Gasteiger partial charge in [-0.1, -0.05) is 91.0 Å². The van der Waals surface area contributed by atoms with Crippen molar-refractivity contribution >= 4 is 21.8 Å². The first-order chi connectivity index (χ1) is 18.8. The molecule has 0 saturated heterocycles. The van der Waals surface area contributed by atoms with E-state index < -0.39 is 0 Å². The lowest BCUT2D eigenvalue weighted by Gasteiger charge is -2.20. The van der Waals surface area contributed by atoms with Gasteiger partial charge in [-0.25, -0.2) is 19.9 Å². The fourth-order valence-electron chi connectivity index (χ4n) is 5.15. The quantitative estimate of drug-likeness (QED) is 0.258. The van der Waals surface area contributed by atoms with Crippen molar-refractivity contribution in [1.29, 1.82) is 0 Å². The summed E-state index contributed by atoms with van der Waals surface area (Å²) in [5.41, 5.74) is 4.72. The molecule has 38 heavy (non-hydrogen) atoms. The van der Waals surface area contributed by atoms with E-state index in [-0.39, 0.29) is 0 Å². The predicted molar refractivity (Wildman–Crippen MR) is 148 cm³/mol. The van der Waals surface area contributed by atoms with Crippen LogP contribution in [-0.2, 0) is 0 Å². The molecule has 0 saturated carbocycles. The average Bonchev–Trinajstić information content (AvgIpc) is 3.34. The van der Waals surface area contributed by atoms with E-state index >= 15 is 0 Å². The molecule has 1 aliphatic rings. The number of hydrogen-bond acceptors (Lipinski definition) is 5. The number of para-hydroxylation sites is 2. The predicted octanol–water partition coefficient (Wildman–Crippen LogP) is 7.47. The van der Waals surface area contributed by atoms with Gasteiger partial charge in [0.1, 0.15) is 0 Å². The lowest BCUT2D eigenvalue weighted by Crippen LogP contribution is -2.07. The SMILES string of the molecule is c1ccc(-c2nc(-c3ccccc3)nc(-c3cnc4c(c3)Oc3cccc5c6ccccc6n-4c35)n2)cc1. The van der Waals surface area contributed by atoms with E-state index in [1.165, 1.54) is 5.39 Å². The Hall–Kier alpha value is -5.36. The Morgan fingerprint density at radius 1 is 0.526 bits per heavy atom. The second-order valence-electron chi connectivity index (χ2n) is 9.19. The van der Waals surface area contributed by atoms with E-state index in [4.69, 9.17) is 24.7 Å². The first-order valence-corrected chi connectivity index (χ1v) is 12.4. The summed E-state index contributed by atoms with van der Waals surface area (Å²) < 4.78 is 8.60. The highest BCUT2D eigenvalue weighted by Crippen LogP contribution is 2.45. The molecule has 6 heteroatoms. The molecule has 0 spiro atoms. The molecule has 0 unspecified atom stereocenters. The van der Waals surface area contributed by atoms with Gasteiger partial charge in [0.05, 0.1) is 11.0 Å². The first kappa shape index (κ1) is 20.8. The molecule has 0 fully saturated rings. The van der Waals surface area contributed by atoms with E-state index in [2.05, 4.69) is 34.9 Å². The molecule has 4 heterocycles. The standard InChI is InChI=1S/C32H19N5O/c1-3-10-20(11-4-1)29-34-30(21-12-5-2-6-13-21)36-31(35-29)22-18-27-32(33-19-22)37-25-16-8-7-14-23(25)24-15-9-17-26(38-27)28(24)37/h1-19H. The maximum atomic E-state index is 6.42. The number of ether oxygens (including phenoxy) is 1. The van der Waals surface area contributed by atoms with Crippen LogP contribution < -0.4 is 4.74 Å². The second kappa shape index (κ2) is 8.08. The topological polar surface area (TPSA) is 65.7 Å². The molecule has 0 amide bonds. The van der Waals surface area contributed by atoms with Crippen molar-refractivity contribution in [2.45, 2.75) is 0 Å². The van der Waals surface area contributed by atoms with Crippen molar-refractivity contribution in [3.63, 3.8) is 0 Å². The van der Waals surface area contributed by atoms with Gasteiger partial charge in [-0.05, 0) is 18.2 Å². The molecule has 1 aliphatic heterocycles. The van der Waals surface area contributed by atoms with Gasteiger partial charge < -0.3 is 4.74 Å². The van der Waals surface area contributed by atoms with E-state index in [1.54, 1.807) is 0 Å². The van der Waals surface area contributed by atoms with Crippen molar-refractivity contribution in [2.75, 3.05) is 0 Å². The van der Waals surface area contributed by atoms with Gasteiger partial charge in [0, 0.05) is 33.7 Å². The Morgan fingerprint density at radius 2 is 1.13 bits per heavy atom. The van der Waals surface area contributed by atoms with Crippen molar-refractivity contribution < 1.29 is 4.74 Å². The maximum Gasteiger partial charge on any atom is 0.181 e. The van der Waals surface area contributed by atoms with Crippen LogP contribution in [0.3, 0.4) is 0 Å². The maximum absolute atomic E-state index is 6.42. The summed E-state index contributed by atoms with van der Waals surface area (Å²) >= 11 is 0. The molecular weight excluding hydrogens is 470 g/mol. The molecule has 0 radical (unpaired) electrons. The van der Waals surface area contributed by atoms with Crippen LogP contribution in [0.2, 0.25) is 0 Å². The van der Waals surface area contributed by atoms with Crippen LogP contribution in [0.15, 0.2) is 115 Å². The molecule has 4 aromatic carbocycles. The number of benzene rings is 4. The summed E-state index contributed by atoms with van der Waals surface area (Å²) in [6, 6.07) is 36.4. The van der Waals surface area contributed by atoms with E-state index in [9.17, 15) is 0 Å². The summed E-state index contributed by atoms with van der Waals surface area (Å²) in [5.74, 6) is 3.97. The number of rotatable bonds is 3. The smallest absolute Gasteiger partial charge is 0.181 e. The van der Waals surface area contributed by atoms with Crippen molar-refractivity contribution in [3.8, 4) is 51.5 Å². The van der Waals surface area contributed by atoms with Crippen LogP contribution in [0.5, 0.6) is 11.5 Å². The number of hydrogen-bond donors (Lipinski definition) is 0. The first-order valence-electron chi connectivity index (χ1n) is 12.4. The van der Waals surface area contributed by atoms with Crippen LogP contribution in [0.4, 0.5) is 0 Å². The average molecular weight is 490 g/mol. The summed E-state index contributed by atoms with van der Waals surface area (Å²) in [5, 5.41) is 2.32. The highest BCUT2D eigenvalue weighted by molar-refractivity contribution is 6.11. The zero-order chi connectivity index (χ0) is 25.1. The molecule has 0 atom stereocenters. The normalized spacial score (nSPS) is 11.9. The number of fused-ring (bicyclic) bond motifs is 5. The lowest BCUT2D eigenvalue weighted by atomic mass is 10.1. The van der Waals surface area contributed by atoms with Crippen LogP contribution in [0.25, 0.3) is 61.8 Å². The highest BCUT2D eigenvalue weighted by Gasteiger charge is 2.25. The third-order valence-electron chi connectivity index (χ3n) is 6.88. The molecule has 6 nitrogen and oxygen atoms in total. The highest BCUT2D eigenvalue weighted by atomic mass is 16.5. The van der Waals surface area contributed by atoms with Gasteiger partial charge in [0.25, 0.3) is 0 Å². The Kier molecular flexibility index (Phi) is 4.42. The summed E-state index contributed by atoms with van der Waals surface area (Å²) in [7, 11) is 0. The van der Waals surface area contributed by atoms with Crippen LogP contribution in [-0.4, -0.2) is 24.5 Å². The van der Waals surface area contributed by atoms with Crippen molar-refractivity contribution in [2.24, 2.45) is 0 Å². The minimum absolute atomic E-state index is 0.540. The Labute approximate surface area is 217 Å². The number of aromatic nitrogens is 5. The minimum atomic E-state index is 0.540. The number of nitrogens with zero attached hydrogens (tertiary/aromatic N) is 5. The van der Waals surface area contributed by atoms with Crippen LogP contribution in [0.1, 0.15) is 0 Å². The van der Waals surface area contributed by atoms with E-state index in [0.717, 1.165) is 44.7 Å². The van der Waals surface area contributed by atoms with Gasteiger partial charge in [0.2, 0.25) is 0 Å². The number of pyridine rings is 1. The van der Waals surface area contributed by atoms with Crippen molar-refractivity contribution in [1.82, 2.24) is 24.5 Å². The van der Waals surface area contributed by atoms with Gasteiger partial charge in [-0.3, -0.25) is 4.57 Å². The van der Waals surface area contributed by atoms with Gasteiger partial charge in [-0.2, -0.15) is 0 Å². The second-order valence-corrected chi connectivity index (χ2v) is 9.19. The van der Waals surface area contributed by atoms with Crippen LogP contribution >= 0.6 is 0 Å². The fourth-order valence-corrected chi connectivity index (χ4v) is 5.15. The fraction of sp³-hybridized carbons (Fsp3) is 0. The molecule has 8 rings (SSSR count). The molecule has 3 aromatic heterocycles. The molecular formula is C32H19N5O. The van der Waals surface area contributed by atoms with E-state index in [0.29, 0.717) is 23.2 Å². The van der Waals surface area contributed by atoms with Crippen LogP contribution in [0, 0.1) is 0 Å². The Morgan fingerprint density at radius 3 is 1.84 bits per heavy atom. The Bertz CT molecular complexity index is 1940. The molecule has 7 aromatic rings. The van der Waals surface area contributed by atoms with Crippen molar-refractivity contribution in [3.05, 3.63) is 115 Å². The summed E-state index contributed by atoms with van der Waals surface area (Å²) in [6.45, 7) is 0. The monoisotopic (exact) mass is 489 g/mol. The molecule has 0 aliphatic carbocycles. The van der Waals surface area contributed by atoms with Gasteiger partial charge >= 0.3 is 0 Å².